The van der Waals surface area contributed by atoms with Crippen LogP contribution in [0.25, 0.3) is 10.2 Å². The molecule has 1 fully saturated rings. The minimum Gasteiger partial charge on any atom is -0.457 e. The van der Waals surface area contributed by atoms with Crippen LogP contribution < -0.4 is 10.1 Å². The van der Waals surface area contributed by atoms with Crippen molar-refractivity contribution in [2.75, 3.05) is 18.1 Å². The Bertz CT molecular complexity index is 1130. The third-order valence-corrected chi connectivity index (χ3v) is 6.97. The van der Waals surface area contributed by atoms with Crippen LogP contribution in [0.15, 0.2) is 48.5 Å². The van der Waals surface area contributed by atoms with Gasteiger partial charge in [0, 0.05) is 12.6 Å². The minimum atomic E-state index is -3.43. The van der Waals surface area contributed by atoms with Crippen molar-refractivity contribution in [3.8, 4) is 11.5 Å². The Kier molecular flexibility index (Phi) is 5.53. The molecule has 1 amide bonds. The van der Waals surface area contributed by atoms with Crippen molar-refractivity contribution in [2.24, 2.45) is 0 Å². The molecule has 1 unspecified atom stereocenters. The van der Waals surface area contributed by atoms with Gasteiger partial charge in [0.15, 0.2) is 5.13 Å². The first-order valence-corrected chi connectivity index (χ1v) is 12.0. The standard InChI is InChI=1S/C20H21N3O4S2/c1-29(25,26)23-12-6-5-9-17(23)19(24)22-20-21-16-11-10-15(13-18(16)28-20)27-14-7-3-2-4-8-14/h2-4,7-8,10-11,13,17H,5-6,9,12H2,1H3,(H,21,22,24). The number of aromatic nitrogens is 1. The molecule has 0 spiro atoms. The molecule has 2 aromatic carbocycles. The van der Waals surface area contributed by atoms with Gasteiger partial charge in [-0.3, -0.25) is 4.79 Å². The second-order valence-corrected chi connectivity index (χ2v) is 9.90. The highest BCUT2D eigenvalue weighted by molar-refractivity contribution is 7.88. The number of carbonyl (C=O) groups is 1. The molecule has 4 rings (SSSR count). The molecule has 0 bridgehead atoms. The van der Waals surface area contributed by atoms with E-state index in [9.17, 15) is 13.2 Å². The molecule has 1 N–H and O–H groups in total. The van der Waals surface area contributed by atoms with Crippen molar-refractivity contribution in [3.05, 3.63) is 48.5 Å². The maximum Gasteiger partial charge on any atom is 0.244 e. The summed E-state index contributed by atoms with van der Waals surface area (Å²) in [6.45, 7) is 0.372. The van der Waals surface area contributed by atoms with E-state index in [1.54, 1.807) is 0 Å². The predicted molar refractivity (Wildman–Crippen MR) is 114 cm³/mol. The van der Waals surface area contributed by atoms with Crippen LogP contribution in [0.4, 0.5) is 5.13 Å². The number of piperidine rings is 1. The lowest BCUT2D eigenvalue weighted by Gasteiger charge is -2.32. The van der Waals surface area contributed by atoms with Crippen LogP contribution in [-0.4, -0.2) is 42.5 Å². The zero-order valence-corrected chi connectivity index (χ0v) is 17.5. The van der Waals surface area contributed by atoms with E-state index < -0.39 is 16.1 Å². The van der Waals surface area contributed by atoms with Crippen LogP contribution >= 0.6 is 11.3 Å². The van der Waals surface area contributed by atoms with E-state index in [-0.39, 0.29) is 5.91 Å². The molecule has 9 heteroatoms. The van der Waals surface area contributed by atoms with Crippen molar-refractivity contribution in [2.45, 2.75) is 25.3 Å². The summed E-state index contributed by atoms with van der Waals surface area (Å²) < 4.78 is 32.0. The first-order chi connectivity index (χ1) is 13.9. The van der Waals surface area contributed by atoms with E-state index in [0.717, 1.165) is 35.1 Å². The SMILES string of the molecule is CS(=O)(=O)N1CCCCC1C(=O)Nc1nc2ccc(Oc3ccccc3)cc2s1. The monoisotopic (exact) mass is 431 g/mol. The van der Waals surface area contributed by atoms with E-state index in [0.29, 0.717) is 23.8 Å². The van der Waals surface area contributed by atoms with Gasteiger partial charge in [-0.1, -0.05) is 36.0 Å². The minimum absolute atomic E-state index is 0.338. The highest BCUT2D eigenvalue weighted by Crippen LogP contribution is 2.32. The zero-order valence-electron chi connectivity index (χ0n) is 15.9. The third-order valence-electron chi connectivity index (χ3n) is 4.75. The number of anilines is 1. The molecular weight excluding hydrogens is 410 g/mol. The van der Waals surface area contributed by atoms with Crippen molar-refractivity contribution in [3.63, 3.8) is 0 Å². The van der Waals surface area contributed by atoms with Gasteiger partial charge in [0.2, 0.25) is 15.9 Å². The second-order valence-electron chi connectivity index (χ2n) is 6.94. The van der Waals surface area contributed by atoms with Gasteiger partial charge in [0.25, 0.3) is 0 Å². The number of carbonyl (C=O) groups excluding carboxylic acids is 1. The smallest absolute Gasteiger partial charge is 0.244 e. The summed E-state index contributed by atoms with van der Waals surface area (Å²) in [6, 6.07) is 14.3. The quantitative estimate of drug-likeness (QED) is 0.663. The first kappa shape index (κ1) is 19.8. The predicted octanol–water partition coefficient (Wildman–Crippen LogP) is 3.84. The number of hydrogen-bond acceptors (Lipinski definition) is 6. The molecule has 0 saturated carbocycles. The van der Waals surface area contributed by atoms with Crippen molar-refractivity contribution in [1.82, 2.24) is 9.29 Å². The van der Waals surface area contributed by atoms with Crippen LogP contribution in [-0.2, 0) is 14.8 Å². The summed E-state index contributed by atoms with van der Waals surface area (Å²) in [7, 11) is -3.43. The van der Waals surface area contributed by atoms with Crippen LogP contribution in [0, 0.1) is 0 Å². The van der Waals surface area contributed by atoms with E-state index in [4.69, 9.17) is 4.74 Å². The number of sulfonamides is 1. The van der Waals surface area contributed by atoms with E-state index in [1.807, 2.05) is 48.5 Å². The number of para-hydroxylation sites is 1. The molecule has 1 aliphatic heterocycles. The van der Waals surface area contributed by atoms with Crippen LogP contribution in [0.3, 0.4) is 0 Å². The second kappa shape index (κ2) is 8.10. The Morgan fingerprint density at radius 3 is 2.72 bits per heavy atom. The van der Waals surface area contributed by atoms with E-state index >= 15 is 0 Å². The maximum absolute atomic E-state index is 12.7. The highest BCUT2D eigenvalue weighted by atomic mass is 32.2. The summed E-state index contributed by atoms with van der Waals surface area (Å²) in [5.74, 6) is 1.08. The van der Waals surface area contributed by atoms with Crippen LogP contribution in [0.2, 0.25) is 0 Å². The van der Waals surface area contributed by atoms with Gasteiger partial charge in [-0.05, 0) is 37.1 Å². The number of ether oxygens (including phenoxy) is 1. The number of benzene rings is 2. The molecule has 0 radical (unpaired) electrons. The molecule has 152 valence electrons. The lowest BCUT2D eigenvalue weighted by Crippen LogP contribution is -2.49. The largest absolute Gasteiger partial charge is 0.457 e. The number of nitrogens with one attached hydrogen (secondary N) is 1. The van der Waals surface area contributed by atoms with Gasteiger partial charge in [-0.25, -0.2) is 13.4 Å². The van der Waals surface area contributed by atoms with Crippen LogP contribution in [0.1, 0.15) is 19.3 Å². The number of thiazole rings is 1. The van der Waals surface area contributed by atoms with Gasteiger partial charge < -0.3 is 10.1 Å². The Hall–Kier alpha value is -2.49. The normalized spacial score (nSPS) is 17.9. The number of hydrogen-bond donors (Lipinski definition) is 1. The number of nitrogens with zero attached hydrogens (tertiary/aromatic N) is 2. The molecule has 29 heavy (non-hydrogen) atoms. The van der Waals surface area contributed by atoms with Crippen molar-refractivity contribution < 1.29 is 17.9 Å². The fourth-order valence-corrected chi connectivity index (χ4v) is 5.42. The summed E-state index contributed by atoms with van der Waals surface area (Å²) in [5.41, 5.74) is 0.745. The summed E-state index contributed by atoms with van der Waals surface area (Å²) >= 11 is 1.33. The molecule has 1 saturated heterocycles. The molecule has 1 atom stereocenters. The zero-order chi connectivity index (χ0) is 20.4. The fraction of sp³-hybridized carbons (Fsp3) is 0.300. The number of rotatable bonds is 5. The van der Waals surface area contributed by atoms with E-state index in [2.05, 4.69) is 10.3 Å². The van der Waals surface area contributed by atoms with Crippen molar-refractivity contribution >= 4 is 42.6 Å². The lowest BCUT2D eigenvalue weighted by molar-refractivity contribution is -0.120. The molecular formula is C20H21N3O4S2. The molecule has 1 aromatic heterocycles. The summed E-state index contributed by atoms with van der Waals surface area (Å²) in [6.07, 6.45) is 3.25. The first-order valence-electron chi connectivity index (χ1n) is 9.31. The van der Waals surface area contributed by atoms with Gasteiger partial charge in [0.05, 0.1) is 16.5 Å². The Morgan fingerprint density at radius 1 is 1.17 bits per heavy atom. The van der Waals surface area contributed by atoms with Crippen LogP contribution in [0.5, 0.6) is 11.5 Å². The van der Waals surface area contributed by atoms with E-state index in [1.165, 1.54) is 15.6 Å². The fourth-order valence-electron chi connectivity index (χ4n) is 3.40. The molecule has 3 aromatic rings. The topological polar surface area (TPSA) is 88.6 Å². The lowest BCUT2D eigenvalue weighted by atomic mass is 10.0. The summed E-state index contributed by atoms with van der Waals surface area (Å²) in [4.78, 5) is 17.2. The number of fused-ring (bicyclic) bond motifs is 1. The van der Waals surface area contributed by atoms with Gasteiger partial charge in [-0.2, -0.15) is 4.31 Å². The molecule has 1 aliphatic rings. The highest BCUT2D eigenvalue weighted by Gasteiger charge is 2.34. The average molecular weight is 432 g/mol. The third kappa shape index (κ3) is 4.58. The summed E-state index contributed by atoms with van der Waals surface area (Å²) in [5, 5.41) is 3.24. The van der Waals surface area contributed by atoms with Crippen molar-refractivity contribution in [1.29, 1.82) is 0 Å². The van der Waals surface area contributed by atoms with Gasteiger partial charge >= 0.3 is 0 Å². The molecule has 7 nitrogen and oxygen atoms in total. The Morgan fingerprint density at radius 2 is 1.97 bits per heavy atom. The van der Waals surface area contributed by atoms with Gasteiger partial charge in [-0.15, -0.1) is 0 Å². The molecule has 0 aliphatic carbocycles. The molecule has 2 heterocycles. The average Bonchev–Trinajstić information content (AvgIpc) is 3.09. The Balaban J connectivity index is 1.51. The number of amides is 1. The van der Waals surface area contributed by atoms with Gasteiger partial charge in [0.1, 0.15) is 17.5 Å². The maximum atomic E-state index is 12.7. The Labute approximate surface area is 173 Å².